The summed E-state index contributed by atoms with van der Waals surface area (Å²) in [6.45, 7) is 1.90. The standard InChI is InChI=1S/C22H17Cl2N3O/c1-13-4-5-14-6-8-17(22(28)21(14)26-13)20(15-3-2-10-25-12-15)27-16-7-9-18(23)19(24)11-16/h2-12,20,27-28H,1H3. The van der Waals surface area contributed by atoms with Gasteiger partial charge in [0.05, 0.1) is 16.1 Å². The van der Waals surface area contributed by atoms with E-state index in [0.29, 0.717) is 21.1 Å². The van der Waals surface area contributed by atoms with Crippen LogP contribution in [0, 0.1) is 6.92 Å². The predicted molar refractivity (Wildman–Crippen MR) is 114 cm³/mol. The summed E-state index contributed by atoms with van der Waals surface area (Å²) in [6, 6.07) is 16.5. The Hall–Kier alpha value is -2.82. The van der Waals surface area contributed by atoms with E-state index in [4.69, 9.17) is 23.2 Å². The molecule has 0 aliphatic carbocycles. The number of benzene rings is 2. The summed E-state index contributed by atoms with van der Waals surface area (Å²) in [7, 11) is 0. The van der Waals surface area contributed by atoms with Crippen LogP contribution in [0.15, 0.2) is 67.0 Å². The first-order valence-corrected chi connectivity index (χ1v) is 9.49. The van der Waals surface area contributed by atoms with Gasteiger partial charge in [0.1, 0.15) is 11.3 Å². The second-order valence-electron chi connectivity index (χ2n) is 6.52. The zero-order valence-corrected chi connectivity index (χ0v) is 16.5. The summed E-state index contributed by atoms with van der Waals surface area (Å²) in [6.07, 6.45) is 3.48. The number of phenols is 1. The van der Waals surface area contributed by atoms with Crippen LogP contribution >= 0.6 is 23.2 Å². The van der Waals surface area contributed by atoms with Crippen molar-refractivity contribution in [1.82, 2.24) is 9.97 Å². The van der Waals surface area contributed by atoms with Gasteiger partial charge in [-0.2, -0.15) is 0 Å². The van der Waals surface area contributed by atoms with Crippen LogP contribution in [0.1, 0.15) is 22.9 Å². The number of rotatable bonds is 4. The number of aromatic hydroxyl groups is 1. The molecule has 0 radical (unpaired) electrons. The second-order valence-corrected chi connectivity index (χ2v) is 7.33. The zero-order chi connectivity index (χ0) is 19.7. The van der Waals surface area contributed by atoms with Gasteiger partial charge in [0.25, 0.3) is 0 Å². The van der Waals surface area contributed by atoms with Gasteiger partial charge < -0.3 is 10.4 Å². The van der Waals surface area contributed by atoms with Crippen molar-refractivity contribution in [1.29, 1.82) is 0 Å². The number of pyridine rings is 2. The fraction of sp³-hybridized carbons (Fsp3) is 0.0909. The molecule has 1 unspecified atom stereocenters. The molecule has 0 aliphatic rings. The molecule has 2 aromatic heterocycles. The Labute approximate surface area is 172 Å². The lowest BCUT2D eigenvalue weighted by molar-refractivity contribution is 0.471. The second kappa shape index (κ2) is 7.66. The minimum absolute atomic E-state index is 0.141. The highest BCUT2D eigenvalue weighted by atomic mass is 35.5. The summed E-state index contributed by atoms with van der Waals surface area (Å²) in [5.41, 5.74) is 3.79. The molecule has 0 saturated carbocycles. The summed E-state index contributed by atoms with van der Waals surface area (Å²) < 4.78 is 0. The van der Waals surface area contributed by atoms with Gasteiger partial charge in [-0.25, -0.2) is 4.98 Å². The number of fused-ring (bicyclic) bond motifs is 1. The van der Waals surface area contributed by atoms with Crippen LogP contribution in [0.4, 0.5) is 5.69 Å². The van der Waals surface area contributed by atoms with Crippen molar-refractivity contribution in [2.45, 2.75) is 13.0 Å². The third-order valence-corrected chi connectivity index (χ3v) is 5.30. The SMILES string of the molecule is Cc1ccc2ccc(C(Nc3ccc(Cl)c(Cl)c3)c3cccnc3)c(O)c2n1. The third kappa shape index (κ3) is 3.61. The molecule has 0 spiro atoms. The summed E-state index contributed by atoms with van der Waals surface area (Å²) in [5.74, 6) is 0.141. The van der Waals surface area contributed by atoms with Gasteiger partial charge in [0.15, 0.2) is 0 Å². The van der Waals surface area contributed by atoms with E-state index in [1.54, 1.807) is 24.5 Å². The highest BCUT2D eigenvalue weighted by Gasteiger charge is 2.20. The maximum absolute atomic E-state index is 11.0. The van der Waals surface area contributed by atoms with Crippen LogP contribution in [0.3, 0.4) is 0 Å². The van der Waals surface area contributed by atoms with E-state index in [1.807, 2.05) is 49.4 Å². The Bertz CT molecular complexity index is 1150. The molecule has 1 atom stereocenters. The molecule has 0 aliphatic heterocycles. The van der Waals surface area contributed by atoms with E-state index in [-0.39, 0.29) is 11.8 Å². The van der Waals surface area contributed by atoms with E-state index < -0.39 is 0 Å². The predicted octanol–water partition coefficient (Wildman–Crippen LogP) is 6.15. The average Bonchev–Trinajstić information content (AvgIpc) is 2.71. The molecular formula is C22H17Cl2N3O. The molecule has 0 fully saturated rings. The van der Waals surface area contributed by atoms with Crippen LogP contribution in [0.25, 0.3) is 10.9 Å². The Morgan fingerprint density at radius 2 is 1.82 bits per heavy atom. The largest absolute Gasteiger partial charge is 0.505 e. The van der Waals surface area contributed by atoms with Crippen molar-refractivity contribution in [3.8, 4) is 5.75 Å². The molecule has 0 saturated heterocycles. The number of anilines is 1. The van der Waals surface area contributed by atoms with Gasteiger partial charge in [-0.15, -0.1) is 0 Å². The monoisotopic (exact) mass is 409 g/mol. The number of aromatic nitrogens is 2. The molecule has 6 heteroatoms. The minimum Gasteiger partial charge on any atom is -0.505 e. The summed E-state index contributed by atoms with van der Waals surface area (Å²) >= 11 is 12.2. The first kappa shape index (κ1) is 18.5. The van der Waals surface area contributed by atoms with E-state index >= 15 is 0 Å². The minimum atomic E-state index is -0.349. The molecule has 0 bridgehead atoms. The fourth-order valence-electron chi connectivity index (χ4n) is 3.16. The number of nitrogens with zero attached hydrogens (tertiary/aromatic N) is 2. The molecular weight excluding hydrogens is 393 g/mol. The van der Waals surface area contributed by atoms with E-state index in [2.05, 4.69) is 15.3 Å². The molecule has 28 heavy (non-hydrogen) atoms. The molecule has 4 rings (SSSR count). The molecule has 2 aromatic carbocycles. The maximum atomic E-state index is 11.0. The Morgan fingerprint density at radius 3 is 2.57 bits per heavy atom. The van der Waals surface area contributed by atoms with E-state index in [0.717, 1.165) is 22.3 Å². The zero-order valence-electron chi connectivity index (χ0n) is 15.0. The van der Waals surface area contributed by atoms with Crippen LogP contribution in [-0.4, -0.2) is 15.1 Å². The highest BCUT2D eigenvalue weighted by molar-refractivity contribution is 6.42. The van der Waals surface area contributed by atoms with Crippen LogP contribution in [0.2, 0.25) is 10.0 Å². The lowest BCUT2D eigenvalue weighted by Crippen LogP contribution is -2.13. The summed E-state index contributed by atoms with van der Waals surface area (Å²) in [5, 5.41) is 16.3. The number of hydrogen-bond acceptors (Lipinski definition) is 4. The third-order valence-electron chi connectivity index (χ3n) is 4.57. The molecule has 4 nitrogen and oxygen atoms in total. The topological polar surface area (TPSA) is 58.0 Å². The number of halogens is 2. The van der Waals surface area contributed by atoms with Gasteiger partial charge in [0, 0.05) is 34.7 Å². The Kier molecular flexibility index (Phi) is 5.07. The highest BCUT2D eigenvalue weighted by Crippen LogP contribution is 2.37. The lowest BCUT2D eigenvalue weighted by atomic mass is 9.97. The average molecular weight is 410 g/mol. The number of aryl methyl sites for hydroxylation is 1. The number of hydrogen-bond donors (Lipinski definition) is 2. The Morgan fingerprint density at radius 1 is 1.00 bits per heavy atom. The van der Waals surface area contributed by atoms with Gasteiger partial charge >= 0.3 is 0 Å². The molecule has 4 aromatic rings. The van der Waals surface area contributed by atoms with Crippen molar-refractivity contribution >= 4 is 39.8 Å². The summed E-state index contributed by atoms with van der Waals surface area (Å²) in [4.78, 5) is 8.74. The molecule has 2 N–H and O–H groups in total. The van der Waals surface area contributed by atoms with Crippen LogP contribution < -0.4 is 5.32 Å². The smallest absolute Gasteiger partial charge is 0.147 e. The van der Waals surface area contributed by atoms with E-state index in [9.17, 15) is 5.11 Å². The normalized spacial score (nSPS) is 12.1. The first-order valence-electron chi connectivity index (χ1n) is 8.73. The fourth-order valence-corrected chi connectivity index (χ4v) is 3.46. The van der Waals surface area contributed by atoms with Crippen molar-refractivity contribution in [3.63, 3.8) is 0 Å². The number of phenolic OH excluding ortho intramolecular Hbond substituents is 1. The van der Waals surface area contributed by atoms with Crippen LogP contribution in [0.5, 0.6) is 5.75 Å². The van der Waals surface area contributed by atoms with Gasteiger partial charge in [-0.05, 0) is 42.8 Å². The van der Waals surface area contributed by atoms with E-state index in [1.165, 1.54) is 0 Å². The van der Waals surface area contributed by atoms with Crippen molar-refractivity contribution in [3.05, 3.63) is 93.9 Å². The van der Waals surface area contributed by atoms with Gasteiger partial charge in [-0.1, -0.05) is 47.5 Å². The van der Waals surface area contributed by atoms with Crippen molar-refractivity contribution in [2.24, 2.45) is 0 Å². The molecule has 2 heterocycles. The van der Waals surface area contributed by atoms with Gasteiger partial charge in [0.2, 0.25) is 0 Å². The van der Waals surface area contributed by atoms with Gasteiger partial charge in [-0.3, -0.25) is 4.98 Å². The Balaban J connectivity index is 1.85. The molecule has 0 amide bonds. The van der Waals surface area contributed by atoms with Crippen molar-refractivity contribution in [2.75, 3.05) is 5.32 Å². The van der Waals surface area contributed by atoms with Crippen molar-refractivity contribution < 1.29 is 5.11 Å². The first-order chi connectivity index (χ1) is 13.5. The number of nitrogens with one attached hydrogen (secondary N) is 1. The lowest BCUT2D eigenvalue weighted by Gasteiger charge is -2.22. The maximum Gasteiger partial charge on any atom is 0.147 e. The van der Waals surface area contributed by atoms with Crippen LogP contribution in [-0.2, 0) is 0 Å². The molecule has 140 valence electrons. The quantitative estimate of drug-likeness (QED) is 0.424.